The summed E-state index contributed by atoms with van der Waals surface area (Å²) in [5.41, 5.74) is 5.97. The lowest BCUT2D eigenvalue weighted by atomic mass is 9.40. The van der Waals surface area contributed by atoms with E-state index in [1.54, 1.807) is 43.2 Å². The summed E-state index contributed by atoms with van der Waals surface area (Å²) in [5, 5.41) is 8.00. The molecule has 1 aromatic carbocycles. The van der Waals surface area contributed by atoms with E-state index in [1.165, 1.54) is 23.1 Å². The fraction of sp³-hybridized carbons (Fsp3) is 0.370. The van der Waals surface area contributed by atoms with Gasteiger partial charge in [-0.1, -0.05) is 0 Å². The van der Waals surface area contributed by atoms with Crippen LogP contribution in [0.5, 0.6) is 0 Å². The number of nitrogens with zero attached hydrogens (tertiary/aromatic N) is 6. The van der Waals surface area contributed by atoms with Gasteiger partial charge in [0.25, 0.3) is 5.91 Å². The number of anilines is 1. The van der Waals surface area contributed by atoms with Crippen LogP contribution in [0.3, 0.4) is 0 Å². The number of nitrogens with two attached hydrogens (primary N) is 1. The van der Waals surface area contributed by atoms with Gasteiger partial charge in [-0.3, -0.25) is 24.3 Å². The Morgan fingerprint density at radius 2 is 1.85 bits per heavy atom. The smallest absolute Gasteiger partial charge is 0.383 e. The van der Waals surface area contributed by atoms with Crippen molar-refractivity contribution < 1.29 is 27.5 Å². The fourth-order valence-electron chi connectivity index (χ4n) is 5.98. The first-order chi connectivity index (χ1) is 18.9. The Balaban J connectivity index is 1.37. The number of nitrogen functional groups attached to an aromatic ring is 1. The fourth-order valence-corrected chi connectivity index (χ4v) is 5.98. The largest absolute Gasteiger partial charge is 0.417 e. The molecule has 0 atom stereocenters. The summed E-state index contributed by atoms with van der Waals surface area (Å²) in [5.74, 6) is -0.474. The first-order valence-corrected chi connectivity index (χ1v) is 12.5. The first kappa shape index (κ1) is 26.0. The Hall–Kier alpha value is -4.26. The quantitative estimate of drug-likeness (QED) is 0.374. The van der Waals surface area contributed by atoms with Crippen LogP contribution in [0, 0.1) is 5.41 Å². The second-order valence-corrected chi connectivity index (χ2v) is 10.7. The molecule has 3 aromatic heterocycles. The molecule has 2 amide bonds. The van der Waals surface area contributed by atoms with Gasteiger partial charge in [0.15, 0.2) is 0 Å². The number of halogens is 3. The summed E-state index contributed by atoms with van der Waals surface area (Å²) in [6, 6.07) is 6.99. The maximum absolute atomic E-state index is 14.0. The molecule has 3 aliphatic carbocycles. The lowest BCUT2D eigenvalue weighted by molar-refractivity contribution is -0.272. The summed E-state index contributed by atoms with van der Waals surface area (Å²) in [6.07, 6.45) is -0.564. The van der Waals surface area contributed by atoms with Crippen molar-refractivity contribution in [3.63, 3.8) is 0 Å². The standard InChI is InChI=1S/C27H26F3N7O3/c1-35-21-18-8-15(4-7-20(18)34-22(31)19(21)10-33-35)23(38)37(11-17-6-5-16(9-32-17)27(28,29)30)36(2)24(39)25-12-26(13-25,14-25)40-3/h4-10H,11-14H2,1-3H3,(H2,31,34). The van der Waals surface area contributed by atoms with E-state index in [0.717, 1.165) is 6.07 Å². The number of alkyl halides is 3. The monoisotopic (exact) mass is 553 g/mol. The third-order valence-electron chi connectivity index (χ3n) is 8.18. The van der Waals surface area contributed by atoms with Gasteiger partial charge < -0.3 is 10.5 Å². The molecule has 3 heterocycles. The van der Waals surface area contributed by atoms with Crippen LogP contribution in [0.25, 0.3) is 21.8 Å². The van der Waals surface area contributed by atoms with Crippen molar-refractivity contribution in [2.24, 2.45) is 12.5 Å². The molecule has 3 saturated carbocycles. The second-order valence-electron chi connectivity index (χ2n) is 10.7. The third-order valence-corrected chi connectivity index (χ3v) is 8.18. The molecule has 0 aliphatic heterocycles. The number of hydrazine groups is 1. The molecule has 0 unspecified atom stereocenters. The van der Waals surface area contributed by atoms with Crippen LogP contribution in [-0.2, 0) is 29.3 Å². The summed E-state index contributed by atoms with van der Waals surface area (Å²) in [7, 11) is 4.86. The summed E-state index contributed by atoms with van der Waals surface area (Å²) in [4.78, 5) is 35.9. The van der Waals surface area contributed by atoms with Crippen molar-refractivity contribution in [2.45, 2.75) is 37.6 Å². The van der Waals surface area contributed by atoms with Crippen molar-refractivity contribution in [1.29, 1.82) is 0 Å². The van der Waals surface area contributed by atoms with Crippen molar-refractivity contribution in [1.82, 2.24) is 29.8 Å². The van der Waals surface area contributed by atoms with E-state index >= 15 is 0 Å². The van der Waals surface area contributed by atoms with E-state index in [1.807, 2.05) is 0 Å². The number of benzene rings is 1. The molecule has 10 nitrogen and oxygen atoms in total. The molecule has 0 radical (unpaired) electrons. The highest BCUT2D eigenvalue weighted by atomic mass is 19.4. The Kier molecular flexibility index (Phi) is 5.60. The number of carbonyl (C=O) groups is 2. The number of ether oxygens (including phenoxy) is 1. The molecule has 13 heteroatoms. The number of aryl methyl sites for hydroxylation is 1. The summed E-state index contributed by atoms with van der Waals surface area (Å²) >= 11 is 0. The lowest BCUT2D eigenvalue weighted by Crippen LogP contribution is -2.73. The van der Waals surface area contributed by atoms with E-state index in [2.05, 4.69) is 15.1 Å². The highest BCUT2D eigenvalue weighted by Gasteiger charge is 2.73. The zero-order valence-electron chi connectivity index (χ0n) is 22.0. The number of amides is 2. The SMILES string of the molecule is COC12CC(C(=O)N(C)N(Cc3ccc(C(F)(F)F)cn3)C(=O)c3ccc4nc(N)c5cnn(C)c5c4c3)(C1)C2. The van der Waals surface area contributed by atoms with Crippen LogP contribution in [-0.4, -0.2) is 61.3 Å². The van der Waals surface area contributed by atoms with Crippen molar-refractivity contribution >= 4 is 39.4 Å². The van der Waals surface area contributed by atoms with Crippen LogP contribution in [0.4, 0.5) is 19.0 Å². The number of hydrogen-bond acceptors (Lipinski definition) is 7. The Morgan fingerprint density at radius 3 is 2.48 bits per heavy atom. The van der Waals surface area contributed by atoms with Crippen LogP contribution in [0.1, 0.15) is 40.9 Å². The van der Waals surface area contributed by atoms with Crippen LogP contribution < -0.4 is 5.73 Å². The van der Waals surface area contributed by atoms with E-state index in [0.29, 0.717) is 53.1 Å². The molecule has 2 bridgehead atoms. The van der Waals surface area contributed by atoms with Gasteiger partial charge in [-0.2, -0.15) is 18.3 Å². The van der Waals surface area contributed by atoms with Crippen LogP contribution in [0.2, 0.25) is 0 Å². The molecule has 40 heavy (non-hydrogen) atoms. The topological polar surface area (TPSA) is 119 Å². The zero-order valence-corrected chi connectivity index (χ0v) is 22.0. The molecule has 3 fully saturated rings. The van der Waals surface area contributed by atoms with E-state index in [9.17, 15) is 22.8 Å². The zero-order chi connectivity index (χ0) is 28.6. The van der Waals surface area contributed by atoms with Gasteiger partial charge in [0.05, 0.1) is 51.4 Å². The number of rotatable bonds is 5. The van der Waals surface area contributed by atoms with E-state index < -0.39 is 23.1 Å². The Morgan fingerprint density at radius 1 is 1.12 bits per heavy atom. The minimum atomic E-state index is -4.55. The maximum atomic E-state index is 14.0. The predicted octanol–water partition coefficient (Wildman–Crippen LogP) is 3.70. The van der Waals surface area contributed by atoms with Gasteiger partial charge in [-0.05, 0) is 49.6 Å². The first-order valence-electron chi connectivity index (χ1n) is 12.5. The average Bonchev–Trinajstić information content (AvgIpc) is 3.27. The Labute approximate surface area is 226 Å². The minimum Gasteiger partial charge on any atom is -0.383 e. The maximum Gasteiger partial charge on any atom is 0.417 e. The number of pyridine rings is 2. The molecular weight excluding hydrogens is 527 g/mol. The number of methoxy groups -OCH3 is 1. The van der Waals surface area contributed by atoms with Gasteiger partial charge in [0, 0.05) is 38.4 Å². The lowest BCUT2D eigenvalue weighted by Gasteiger charge is -2.68. The van der Waals surface area contributed by atoms with Crippen molar-refractivity contribution in [3.8, 4) is 0 Å². The number of aromatic nitrogens is 4. The molecule has 0 saturated heterocycles. The van der Waals surface area contributed by atoms with Gasteiger partial charge in [-0.15, -0.1) is 0 Å². The summed E-state index contributed by atoms with van der Waals surface area (Å²) < 4.78 is 46.4. The van der Waals surface area contributed by atoms with Gasteiger partial charge in [0.1, 0.15) is 5.82 Å². The molecular formula is C27H26F3N7O3. The Bertz CT molecular complexity index is 1660. The van der Waals surface area contributed by atoms with Crippen LogP contribution in [0.15, 0.2) is 42.7 Å². The predicted molar refractivity (Wildman–Crippen MR) is 138 cm³/mol. The normalized spacial score (nSPS) is 21.6. The van der Waals surface area contributed by atoms with Gasteiger partial charge in [0.2, 0.25) is 5.91 Å². The number of carbonyl (C=O) groups excluding carboxylic acids is 2. The van der Waals surface area contributed by atoms with E-state index in [-0.39, 0.29) is 29.3 Å². The highest BCUT2D eigenvalue weighted by Crippen LogP contribution is 2.69. The van der Waals surface area contributed by atoms with Gasteiger partial charge in [-0.25, -0.2) is 9.99 Å². The third kappa shape index (κ3) is 3.86. The minimum absolute atomic E-state index is 0.191. The molecule has 3 aliphatic rings. The van der Waals surface area contributed by atoms with Gasteiger partial charge >= 0.3 is 6.18 Å². The molecule has 4 aromatic rings. The molecule has 208 valence electrons. The van der Waals surface area contributed by atoms with Crippen molar-refractivity contribution in [3.05, 3.63) is 59.5 Å². The number of hydrogen-bond donors (Lipinski definition) is 1. The summed E-state index contributed by atoms with van der Waals surface area (Å²) in [6.45, 7) is -0.218. The second kappa shape index (κ2) is 8.62. The highest BCUT2D eigenvalue weighted by molar-refractivity contribution is 6.10. The van der Waals surface area contributed by atoms with Crippen LogP contribution >= 0.6 is 0 Å². The molecule has 7 rings (SSSR count). The molecule has 0 spiro atoms. The van der Waals surface area contributed by atoms with E-state index in [4.69, 9.17) is 10.5 Å². The number of fused-ring (bicyclic) bond motifs is 3. The molecule has 2 N–H and O–H groups in total. The average molecular weight is 554 g/mol. The van der Waals surface area contributed by atoms with Crippen molar-refractivity contribution in [2.75, 3.05) is 19.9 Å².